The molecule has 9 nitrogen and oxygen atoms in total. The van der Waals surface area contributed by atoms with E-state index in [9.17, 15) is 27.9 Å². The summed E-state index contributed by atoms with van der Waals surface area (Å²) in [6.45, 7) is -0.308. The van der Waals surface area contributed by atoms with Gasteiger partial charge in [-0.25, -0.2) is 13.2 Å². The van der Waals surface area contributed by atoms with E-state index in [2.05, 4.69) is 5.32 Å². The molecule has 1 aromatic rings. The summed E-state index contributed by atoms with van der Waals surface area (Å²) in [5.41, 5.74) is 0.388. The number of nitrogens with one attached hydrogen (secondary N) is 1. The Morgan fingerprint density at radius 2 is 1.76 bits per heavy atom. The predicted molar refractivity (Wildman–Crippen MR) is 105 cm³/mol. The molecule has 0 unspecified atom stereocenters. The molecular weight excluding hydrogens is 398 g/mol. The van der Waals surface area contributed by atoms with Gasteiger partial charge in [0.05, 0.1) is 6.26 Å². The molecule has 2 N–H and O–H groups in total. The zero-order valence-electron chi connectivity index (χ0n) is 15.9. The van der Waals surface area contributed by atoms with Crippen molar-refractivity contribution in [3.63, 3.8) is 0 Å². The molecule has 2 aliphatic rings. The third-order valence-corrected chi connectivity index (χ3v) is 6.35. The first-order valence-corrected chi connectivity index (χ1v) is 11.0. The van der Waals surface area contributed by atoms with E-state index in [1.54, 1.807) is 42.5 Å². The zero-order valence-corrected chi connectivity index (χ0v) is 16.7. The summed E-state index contributed by atoms with van der Waals surface area (Å²) in [7, 11) is -3.61. The van der Waals surface area contributed by atoms with Crippen molar-refractivity contribution < 1.29 is 27.9 Å². The molecule has 0 bridgehead atoms. The molecule has 1 aromatic carbocycles. The molecule has 3 atom stereocenters. The molecule has 2 heterocycles. The number of hydrogen-bond acceptors (Lipinski definition) is 5. The number of carboxylic acids is 1. The summed E-state index contributed by atoms with van der Waals surface area (Å²) in [4.78, 5) is 38.8. The minimum atomic E-state index is -3.61. The number of hydrogen-bond donors (Lipinski definition) is 2. The monoisotopic (exact) mass is 421 g/mol. The van der Waals surface area contributed by atoms with Gasteiger partial charge in [0.15, 0.2) is 0 Å². The summed E-state index contributed by atoms with van der Waals surface area (Å²) < 4.78 is 25.1. The quantitative estimate of drug-likeness (QED) is 0.663. The van der Waals surface area contributed by atoms with E-state index in [-0.39, 0.29) is 19.5 Å². The summed E-state index contributed by atoms with van der Waals surface area (Å²) >= 11 is 0. The number of aliphatic carboxylic acids is 1. The van der Waals surface area contributed by atoms with Crippen molar-refractivity contribution in [1.29, 1.82) is 0 Å². The number of carbonyl (C=O) groups is 3. The third kappa shape index (κ3) is 4.65. The van der Waals surface area contributed by atoms with Crippen LogP contribution in [-0.2, 0) is 19.6 Å². The zero-order chi connectivity index (χ0) is 21.2. The van der Waals surface area contributed by atoms with E-state index in [1.165, 1.54) is 4.90 Å². The van der Waals surface area contributed by atoms with Crippen molar-refractivity contribution >= 4 is 27.8 Å². The summed E-state index contributed by atoms with van der Waals surface area (Å²) in [6.07, 6.45) is 5.12. The number of fused-ring (bicyclic) bond motifs is 1. The molecule has 1 fully saturated rings. The number of nitrogens with zero attached hydrogens (tertiary/aromatic N) is 2. The van der Waals surface area contributed by atoms with Crippen LogP contribution in [0.3, 0.4) is 0 Å². The summed E-state index contributed by atoms with van der Waals surface area (Å²) in [6, 6.07) is 5.53. The lowest BCUT2D eigenvalue weighted by Gasteiger charge is -2.45. The molecular formula is C19H23N3O6S. The highest BCUT2D eigenvalue weighted by atomic mass is 32.2. The van der Waals surface area contributed by atoms with Crippen LogP contribution in [0.2, 0.25) is 0 Å². The average Bonchev–Trinajstić information content (AvgIpc) is 2.67. The Morgan fingerprint density at radius 1 is 1.10 bits per heavy atom. The molecule has 29 heavy (non-hydrogen) atoms. The van der Waals surface area contributed by atoms with Crippen LogP contribution in [0.5, 0.6) is 0 Å². The normalized spacial score (nSPS) is 25.6. The summed E-state index contributed by atoms with van der Waals surface area (Å²) in [5.74, 6) is -2.24. The van der Waals surface area contributed by atoms with Gasteiger partial charge < -0.3 is 15.3 Å². The highest BCUT2D eigenvalue weighted by Crippen LogP contribution is 2.24. The highest BCUT2D eigenvalue weighted by Gasteiger charge is 2.45. The molecule has 2 aliphatic heterocycles. The van der Waals surface area contributed by atoms with Crippen molar-refractivity contribution in [2.45, 2.75) is 31.0 Å². The first-order chi connectivity index (χ1) is 13.7. The maximum absolute atomic E-state index is 13.2. The van der Waals surface area contributed by atoms with Gasteiger partial charge >= 0.3 is 5.97 Å². The number of piperazine rings is 1. The number of carboxylic acid groups (broad SMARTS) is 1. The first kappa shape index (κ1) is 21.0. The molecule has 0 radical (unpaired) electrons. The minimum Gasteiger partial charge on any atom is -0.480 e. The molecule has 1 saturated heterocycles. The van der Waals surface area contributed by atoms with Gasteiger partial charge in [-0.2, -0.15) is 4.31 Å². The fraction of sp³-hybridized carbons (Fsp3) is 0.421. The molecule has 2 amide bonds. The second kappa shape index (κ2) is 8.34. The van der Waals surface area contributed by atoms with Crippen LogP contribution in [0.25, 0.3) is 0 Å². The molecule has 0 saturated carbocycles. The molecule has 156 valence electrons. The van der Waals surface area contributed by atoms with Gasteiger partial charge in [-0.3, -0.25) is 9.59 Å². The Morgan fingerprint density at radius 3 is 2.38 bits per heavy atom. The van der Waals surface area contributed by atoms with Gasteiger partial charge in [-0.15, -0.1) is 0 Å². The van der Waals surface area contributed by atoms with Crippen LogP contribution in [0.4, 0.5) is 0 Å². The van der Waals surface area contributed by atoms with Crippen LogP contribution >= 0.6 is 0 Å². The van der Waals surface area contributed by atoms with E-state index < -0.39 is 45.9 Å². The van der Waals surface area contributed by atoms with Crippen LogP contribution in [0.1, 0.15) is 23.2 Å². The summed E-state index contributed by atoms with van der Waals surface area (Å²) in [5, 5.41) is 12.3. The van der Waals surface area contributed by atoms with E-state index in [4.69, 9.17) is 0 Å². The standard InChI is InChI=1S/C19H23N3O6S/c1-29(27,28)21-11-14-9-5-6-10-15(18(24)22(14)16(12-21)19(25)26)20-17(23)13-7-3-2-4-8-13/h2-8,14-16H,9-12H2,1H3,(H,20,23)(H,25,26)/t14-,15-,16-/m0/s1. The number of sulfonamides is 1. The Bertz CT molecular complexity index is 931. The van der Waals surface area contributed by atoms with Gasteiger partial charge in [0.1, 0.15) is 12.1 Å². The van der Waals surface area contributed by atoms with E-state index in [1.807, 2.05) is 0 Å². The van der Waals surface area contributed by atoms with Gasteiger partial charge in [-0.1, -0.05) is 30.4 Å². The largest absolute Gasteiger partial charge is 0.480 e. The van der Waals surface area contributed by atoms with Gasteiger partial charge in [-0.05, 0) is 25.0 Å². The number of benzene rings is 1. The van der Waals surface area contributed by atoms with Gasteiger partial charge in [0.2, 0.25) is 15.9 Å². The fourth-order valence-electron chi connectivity index (χ4n) is 3.64. The predicted octanol–water partition coefficient (Wildman–Crippen LogP) is 0.0606. The van der Waals surface area contributed by atoms with E-state index in [0.29, 0.717) is 12.0 Å². The van der Waals surface area contributed by atoms with E-state index in [0.717, 1.165) is 10.6 Å². The van der Waals surface area contributed by atoms with Gasteiger partial charge in [0, 0.05) is 24.7 Å². The van der Waals surface area contributed by atoms with Crippen molar-refractivity contribution in [2.75, 3.05) is 19.3 Å². The Balaban J connectivity index is 1.88. The second-order valence-corrected chi connectivity index (χ2v) is 9.15. The Kier molecular flexibility index (Phi) is 6.04. The average molecular weight is 421 g/mol. The third-order valence-electron chi connectivity index (χ3n) is 5.11. The van der Waals surface area contributed by atoms with Crippen molar-refractivity contribution in [3.8, 4) is 0 Å². The molecule has 3 rings (SSSR count). The lowest BCUT2D eigenvalue weighted by atomic mass is 9.98. The molecule has 0 spiro atoms. The number of rotatable bonds is 4. The SMILES string of the molecule is CS(=O)(=O)N1C[C@@H]2CC=CC[C@H](NC(=O)c3ccccc3)C(=O)N2[C@H](C(=O)O)C1. The maximum atomic E-state index is 13.2. The minimum absolute atomic E-state index is 0.0119. The van der Waals surface area contributed by atoms with Crippen LogP contribution in [0.15, 0.2) is 42.5 Å². The van der Waals surface area contributed by atoms with Crippen LogP contribution < -0.4 is 5.32 Å². The van der Waals surface area contributed by atoms with Crippen molar-refractivity contribution in [3.05, 3.63) is 48.0 Å². The lowest BCUT2D eigenvalue weighted by molar-refractivity contribution is -0.156. The topological polar surface area (TPSA) is 124 Å². The number of carbonyl (C=O) groups excluding carboxylic acids is 2. The van der Waals surface area contributed by atoms with Crippen LogP contribution in [0, 0.1) is 0 Å². The lowest BCUT2D eigenvalue weighted by Crippen LogP contribution is -2.66. The fourth-order valence-corrected chi connectivity index (χ4v) is 4.50. The smallest absolute Gasteiger partial charge is 0.327 e. The maximum Gasteiger partial charge on any atom is 0.327 e. The van der Waals surface area contributed by atoms with Crippen molar-refractivity contribution in [2.24, 2.45) is 0 Å². The first-order valence-electron chi connectivity index (χ1n) is 9.19. The van der Waals surface area contributed by atoms with Crippen LogP contribution in [-0.4, -0.2) is 78.0 Å². The number of amides is 2. The van der Waals surface area contributed by atoms with Crippen molar-refractivity contribution in [1.82, 2.24) is 14.5 Å². The highest BCUT2D eigenvalue weighted by molar-refractivity contribution is 7.88. The van der Waals surface area contributed by atoms with Gasteiger partial charge in [0.25, 0.3) is 5.91 Å². The Hall–Kier alpha value is -2.72. The molecule has 10 heteroatoms. The van der Waals surface area contributed by atoms with E-state index >= 15 is 0 Å². The molecule has 0 aliphatic carbocycles. The Labute approximate surface area is 169 Å². The molecule has 0 aromatic heterocycles. The second-order valence-electron chi connectivity index (χ2n) is 7.17.